The first-order valence-corrected chi connectivity index (χ1v) is 9.87. The number of carbonyl (C=O) groups excluding carboxylic acids is 1. The largest absolute Gasteiger partial charge is 0.507 e. The van der Waals surface area contributed by atoms with Crippen LogP contribution in [0.2, 0.25) is 0 Å². The third kappa shape index (κ3) is 3.41. The second-order valence-corrected chi connectivity index (χ2v) is 7.40. The van der Waals surface area contributed by atoms with Crippen molar-refractivity contribution in [1.29, 1.82) is 0 Å². The van der Waals surface area contributed by atoms with E-state index in [2.05, 4.69) is 10.2 Å². The first-order valence-electron chi connectivity index (χ1n) is 9.87. The number of hydrogen-bond acceptors (Lipinski definition) is 5. The number of aromatic amines is 1. The van der Waals surface area contributed by atoms with Gasteiger partial charge in [0, 0.05) is 31.4 Å². The molecule has 2 N–H and O–H groups in total. The summed E-state index contributed by atoms with van der Waals surface area (Å²) in [4.78, 5) is 15.1. The molecule has 0 fully saturated rings. The number of aromatic nitrogens is 2. The topological polar surface area (TPSA) is 87.7 Å². The molecule has 0 bridgehead atoms. The van der Waals surface area contributed by atoms with Gasteiger partial charge in [-0.1, -0.05) is 23.8 Å². The molecule has 30 heavy (non-hydrogen) atoms. The van der Waals surface area contributed by atoms with Crippen LogP contribution in [0.1, 0.15) is 39.6 Å². The third-order valence-electron chi connectivity index (χ3n) is 5.45. The second kappa shape index (κ2) is 8.20. The SMILES string of the molecule is COCCCN1C(=O)c2[nH]nc(-c3cc(C)ccc3O)c2C1c1ccc(OC)cc1. The van der Waals surface area contributed by atoms with Crippen LogP contribution >= 0.6 is 0 Å². The fraction of sp³-hybridized carbons (Fsp3) is 0.304. The molecule has 0 radical (unpaired) electrons. The van der Waals surface area contributed by atoms with Crippen LogP contribution in [0.4, 0.5) is 0 Å². The standard InChI is InChI=1S/C23H25N3O4/c1-14-5-10-18(27)17(13-14)20-19-21(25-24-20)23(28)26(11-4-12-29-2)22(19)15-6-8-16(30-3)9-7-15/h5-10,13,22,27H,4,11-12H2,1-3H3,(H,24,25). The number of fused-ring (bicyclic) bond motifs is 1. The fourth-order valence-corrected chi connectivity index (χ4v) is 3.98. The Morgan fingerprint density at radius 2 is 1.93 bits per heavy atom. The number of aryl methyl sites for hydroxylation is 1. The summed E-state index contributed by atoms with van der Waals surface area (Å²) < 4.78 is 10.5. The zero-order chi connectivity index (χ0) is 21.3. The molecule has 1 unspecified atom stereocenters. The molecule has 3 aromatic rings. The molecule has 0 aliphatic carbocycles. The van der Waals surface area contributed by atoms with Crippen LogP contribution in [-0.2, 0) is 4.74 Å². The van der Waals surface area contributed by atoms with Gasteiger partial charge in [-0.25, -0.2) is 0 Å². The molecule has 1 aliphatic rings. The van der Waals surface area contributed by atoms with Gasteiger partial charge in [0.05, 0.1) is 13.2 Å². The number of nitrogens with one attached hydrogen (secondary N) is 1. The highest BCUT2D eigenvalue weighted by Crippen LogP contribution is 2.44. The highest BCUT2D eigenvalue weighted by Gasteiger charge is 2.42. The van der Waals surface area contributed by atoms with Crippen molar-refractivity contribution in [2.24, 2.45) is 0 Å². The van der Waals surface area contributed by atoms with Gasteiger partial charge in [0.1, 0.15) is 22.9 Å². The number of carbonyl (C=O) groups is 1. The zero-order valence-corrected chi connectivity index (χ0v) is 17.3. The molecule has 7 heteroatoms. The first-order chi connectivity index (χ1) is 14.5. The van der Waals surface area contributed by atoms with E-state index in [4.69, 9.17) is 9.47 Å². The number of nitrogens with zero attached hydrogens (tertiary/aromatic N) is 2. The maximum absolute atomic E-state index is 13.2. The molecule has 1 aliphatic heterocycles. The first kappa shape index (κ1) is 20.0. The van der Waals surface area contributed by atoms with E-state index < -0.39 is 0 Å². The Bertz CT molecular complexity index is 1060. The van der Waals surface area contributed by atoms with Crippen molar-refractivity contribution in [3.05, 3.63) is 64.8 Å². The minimum absolute atomic E-state index is 0.104. The van der Waals surface area contributed by atoms with Crippen LogP contribution in [0, 0.1) is 6.92 Å². The minimum atomic E-state index is -0.316. The highest BCUT2D eigenvalue weighted by molar-refractivity contribution is 6.00. The van der Waals surface area contributed by atoms with Crippen LogP contribution in [0.3, 0.4) is 0 Å². The molecule has 0 saturated carbocycles. The van der Waals surface area contributed by atoms with Gasteiger partial charge in [-0.3, -0.25) is 9.89 Å². The van der Waals surface area contributed by atoms with E-state index in [0.29, 0.717) is 30.1 Å². The van der Waals surface area contributed by atoms with Gasteiger partial charge in [0.25, 0.3) is 5.91 Å². The lowest BCUT2D eigenvalue weighted by molar-refractivity contribution is 0.0723. The van der Waals surface area contributed by atoms with Crippen molar-refractivity contribution >= 4 is 5.91 Å². The number of rotatable bonds is 7. The summed E-state index contributed by atoms with van der Waals surface area (Å²) >= 11 is 0. The molecular weight excluding hydrogens is 382 g/mol. The number of hydrogen-bond donors (Lipinski definition) is 2. The lowest BCUT2D eigenvalue weighted by Crippen LogP contribution is -2.31. The van der Waals surface area contributed by atoms with Crippen LogP contribution in [0.25, 0.3) is 11.3 Å². The quantitative estimate of drug-likeness (QED) is 0.584. The molecule has 1 aromatic heterocycles. The molecular formula is C23H25N3O4. The molecule has 2 aromatic carbocycles. The average Bonchev–Trinajstić information content (AvgIpc) is 3.29. The average molecular weight is 407 g/mol. The van der Waals surface area contributed by atoms with E-state index in [1.165, 1.54) is 0 Å². The molecule has 4 rings (SSSR count). The van der Waals surface area contributed by atoms with Crippen LogP contribution in [0.5, 0.6) is 11.5 Å². The van der Waals surface area contributed by atoms with Crippen molar-refractivity contribution in [2.75, 3.05) is 27.4 Å². The Kier molecular flexibility index (Phi) is 5.46. The lowest BCUT2D eigenvalue weighted by atomic mass is 9.95. The molecule has 156 valence electrons. The van der Waals surface area contributed by atoms with E-state index in [9.17, 15) is 9.90 Å². The van der Waals surface area contributed by atoms with Gasteiger partial charge in [-0.2, -0.15) is 5.10 Å². The molecule has 1 atom stereocenters. The monoisotopic (exact) mass is 407 g/mol. The summed E-state index contributed by atoms with van der Waals surface area (Å²) in [6.45, 7) is 3.07. The number of methoxy groups -OCH3 is 2. The minimum Gasteiger partial charge on any atom is -0.507 e. The van der Waals surface area contributed by atoms with Crippen molar-refractivity contribution in [3.63, 3.8) is 0 Å². The number of benzene rings is 2. The van der Waals surface area contributed by atoms with Gasteiger partial charge in [0.15, 0.2) is 0 Å². The predicted molar refractivity (Wildman–Crippen MR) is 113 cm³/mol. The number of amides is 1. The summed E-state index contributed by atoms with van der Waals surface area (Å²) in [5.41, 5.74) is 4.40. The number of H-pyrrole nitrogens is 1. The molecule has 0 saturated heterocycles. The van der Waals surface area contributed by atoms with Gasteiger partial charge >= 0.3 is 0 Å². The second-order valence-electron chi connectivity index (χ2n) is 7.40. The number of phenolic OH excluding ortho intramolecular Hbond substituents is 1. The summed E-state index contributed by atoms with van der Waals surface area (Å²) in [6, 6.07) is 12.8. The normalized spacial score (nSPS) is 15.5. The zero-order valence-electron chi connectivity index (χ0n) is 17.3. The number of aromatic hydroxyl groups is 1. The molecule has 2 heterocycles. The van der Waals surface area contributed by atoms with Crippen LogP contribution in [-0.4, -0.2) is 53.5 Å². The van der Waals surface area contributed by atoms with E-state index >= 15 is 0 Å². The van der Waals surface area contributed by atoms with Crippen molar-refractivity contribution in [1.82, 2.24) is 15.1 Å². The summed E-state index contributed by atoms with van der Waals surface area (Å²) in [5, 5.41) is 17.8. The van der Waals surface area contributed by atoms with Gasteiger partial charge in [-0.05, 0) is 43.2 Å². The van der Waals surface area contributed by atoms with Gasteiger partial charge in [0.2, 0.25) is 0 Å². The van der Waals surface area contributed by atoms with Gasteiger partial charge < -0.3 is 19.5 Å². The van der Waals surface area contributed by atoms with Crippen molar-refractivity contribution in [3.8, 4) is 22.8 Å². The Hall–Kier alpha value is -3.32. The van der Waals surface area contributed by atoms with E-state index in [0.717, 1.165) is 28.9 Å². The summed E-state index contributed by atoms with van der Waals surface area (Å²) in [7, 11) is 3.27. The summed E-state index contributed by atoms with van der Waals surface area (Å²) in [5.74, 6) is 0.777. The van der Waals surface area contributed by atoms with E-state index in [1.807, 2.05) is 48.2 Å². The van der Waals surface area contributed by atoms with Gasteiger partial charge in [-0.15, -0.1) is 0 Å². The Labute approximate surface area is 175 Å². The number of phenols is 1. The maximum atomic E-state index is 13.2. The van der Waals surface area contributed by atoms with Crippen LogP contribution in [0.15, 0.2) is 42.5 Å². The van der Waals surface area contributed by atoms with Crippen LogP contribution < -0.4 is 4.74 Å². The highest BCUT2D eigenvalue weighted by atomic mass is 16.5. The Balaban J connectivity index is 1.84. The summed E-state index contributed by atoms with van der Waals surface area (Å²) in [6.07, 6.45) is 0.720. The van der Waals surface area contributed by atoms with E-state index in [1.54, 1.807) is 20.3 Å². The van der Waals surface area contributed by atoms with E-state index in [-0.39, 0.29) is 17.7 Å². The Morgan fingerprint density at radius 3 is 2.63 bits per heavy atom. The molecule has 1 amide bonds. The van der Waals surface area contributed by atoms with Crippen molar-refractivity contribution < 1.29 is 19.4 Å². The maximum Gasteiger partial charge on any atom is 0.273 e. The molecule has 7 nitrogen and oxygen atoms in total. The smallest absolute Gasteiger partial charge is 0.273 e. The molecule has 0 spiro atoms. The third-order valence-corrected chi connectivity index (χ3v) is 5.45. The fourth-order valence-electron chi connectivity index (χ4n) is 3.98. The predicted octanol–water partition coefficient (Wildman–Crippen LogP) is 3.68. The Morgan fingerprint density at radius 1 is 1.17 bits per heavy atom. The number of ether oxygens (including phenoxy) is 2. The lowest BCUT2D eigenvalue weighted by Gasteiger charge is -2.26. The van der Waals surface area contributed by atoms with Crippen molar-refractivity contribution in [2.45, 2.75) is 19.4 Å².